The van der Waals surface area contributed by atoms with Gasteiger partial charge in [0.15, 0.2) is 0 Å². The van der Waals surface area contributed by atoms with Gasteiger partial charge < -0.3 is 15.5 Å². The molecule has 1 unspecified atom stereocenters. The Hall–Kier alpha value is -2.82. The van der Waals surface area contributed by atoms with Crippen molar-refractivity contribution in [1.82, 2.24) is 15.5 Å². The molecule has 2 rings (SSSR count). The molecule has 5 heteroatoms. The molecule has 0 aromatic heterocycles. The molecule has 0 heterocycles. The van der Waals surface area contributed by atoms with E-state index in [4.69, 9.17) is 0 Å². The Bertz CT molecular complexity index is 732. The van der Waals surface area contributed by atoms with Crippen molar-refractivity contribution >= 4 is 11.9 Å². The molecule has 3 amide bonds. The van der Waals surface area contributed by atoms with E-state index in [0.717, 1.165) is 11.1 Å². The average Bonchev–Trinajstić information content (AvgIpc) is 2.70. The third-order valence-electron chi connectivity index (χ3n) is 4.45. The Morgan fingerprint density at radius 2 is 1.54 bits per heavy atom. The topological polar surface area (TPSA) is 61.4 Å². The summed E-state index contributed by atoms with van der Waals surface area (Å²) >= 11 is 0. The first kappa shape index (κ1) is 21.5. The van der Waals surface area contributed by atoms with E-state index in [9.17, 15) is 9.59 Å². The number of nitrogens with one attached hydrogen (secondary N) is 2. The largest absolute Gasteiger partial charge is 0.350 e. The predicted octanol–water partition coefficient (Wildman–Crippen LogP) is 4.12. The van der Waals surface area contributed by atoms with E-state index in [0.29, 0.717) is 25.6 Å². The summed E-state index contributed by atoms with van der Waals surface area (Å²) in [6.07, 6.45) is 0.280. The summed E-state index contributed by atoms with van der Waals surface area (Å²) in [5.74, 6) is 0.273. The molecule has 5 nitrogen and oxygen atoms in total. The number of urea groups is 1. The van der Waals surface area contributed by atoms with Gasteiger partial charge in [-0.05, 0) is 24.0 Å². The Balaban J connectivity index is 1.84. The summed E-state index contributed by atoms with van der Waals surface area (Å²) in [5, 5.41) is 5.95. The Kier molecular flexibility index (Phi) is 8.53. The molecule has 0 bridgehead atoms. The molecule has 0 aliphatic heterocycles. The fraction of sp³-hybridized carbons (Fsp3) is 0.391. The van der Waals surface area contributed by atoms with Crippen LogP contribution < -0.4 is 10.6 Å². The molecule has 0 radical (unpaired) electrons. The molecule has 0 aliphatic carbocycles. The lowest BCUT2D eigenvalue weighted by atomic mass is 10.1. The highest BCUT2D eigenvalue weighted by Gasteiger charge is 2.17. The first-order valence-electron chi connectivity index (χ1n) is 9.86. The molecule has 2 aromatic rings. The lowest BCUT2D eigenvalue weighted by molar-refractivity contribution is -0.121. The van der Waals surface area contributed by atoms with Gasteiger partial charge in [-0.25, -0.2) is 4.79 Å². The summed E-state index contributed by atoms with van der Waals surface area (Å²) in [6.45, 7) is 7.58. The maximum Gasteiger partial charge on any atom is 0.317 e. The summed E-state index contributed by atoms with van der Waals surface area (Å²) in [6, 6.07) is 19.5. The fourth-order valence-electron chi connectivity index (χ4n) is 2.98. The number of carbonyl (C=O) groups excluding carboxylic acids is 2. The third-order valence-corrected chi connectivity index (χ3v) is 4.45. The lowest BCUT2D eigenvalue weighted by Crippen LogP contribution is -2.43. The molecule has 0 saturated heterocycles. The Labute approximate surface area is 168 Å². The van der Waals surface area contributed by atoms with Gasteiger partial charge in [-0.2, -0.15) is 0 Å². The van der Waals surface area contributed by atoms with E-state index >= 15 is 0 Å². The second-order valence-electron chi connectivity index (χ2n) is 7.43. The summed E-state index contributed by atoms with van der Waals surface area (Å²) in [5.41, 5.74) is 2.12. The van der Waals surface area contributed by atoms with Gasteiger partial charge in [-0.15, -0.1) is 0 Å². The van der Waals surface area contributed by atoms with E-state index in [-0.39, 0.29) is 24.4 Å². The Morgan fingerprint density at radius 1 is 0.929 bits per heavy atom. The van der Waals surface area contributed by atoms with Gasteiger partial charge in [0, 0.05) is 26.1 Å². The van der Waals surface area contributed by atoms with E-state index in [1.165, 1.54) is 0 Å². The first-order valence-corrected chi connectivity index (χ1v) is 9.86. The van der Waals surface area contributed by atoms with Crippen LogP contribution in [-0.4, -0.2) is 29.9 Å². The van der Waals surface area contributed by atoms with Crippen molar-refractivity contribution in [3.05, 3.63) is 71.8 Å². The highest BCUT2D eigenvalue weighted by atomic mass is 16.2. The van der Waals surface area contributed by atoms with Crippen molar-refractivity contribution < 1.29 is 9.59 Å². The number of carbonyl (C=O) groups is 2. The standard InChI is InChI=1S/C23H31N3O2/c1-18(2)17-26(23(28)24-16-20-10-6-4-7-11-20)15-14-22(27)25-19(3)21-12-8-5-9-13-21/h4-13,18-19H,14-17H2,1-3H3,(H,24,28)(H,25,27). The van der Waals surface area contributed by atoms with E-state index < -0.39 is 0 Å². The van der Waals surface area contributed by atoms with Crippen LogP contribution in [0, 0.1) is 5.92 Å². The normalized spacial score (nSPS) is 11.7. The van der Waals surface area contributed by atoms with E-state index in [1.807, 2.05) is 67.6 Å². The zero-order valence-corrected chi connectivity index (χ0v) is 17.0. The van der Waals surface area contributed by atoms with Crippen LogP contribution in [0.5, 0.6) is 0 Å². The summed E-state index contributed by atoms with van der Waals surface area (Å²) < 4.78 is 0. The number of nitrogens with zero attached hydrogens (tertiary/aromatic N) is 1. The molecular weight excluding hydrogens is 350 g/mol. The predicted molar refractivity (Wildman–Crippen MR) is 113 cm³/mol. The van der Waals surface area contributed by atoms with Crippen LogP contribution in [0.1, 0.15) is 44.4 Å². The smallest absolute Gasteiger partial charge is 0.317 e. The average molecular weight is 382 g/mol. The Morgan fingerprint density at radius 3 is 2.14 bits per heavy atom. The van der Waals surface area contributed by atoms with Crippen molar-refractivity contribution in [3.8, 4) is 0 Å². The molecule has 28 heavy (non-hydrogen) atoms. The molecule has 2 N–H and O–H groups in total. The fourth-order valence-corrected chi connectivity index (χ4v) is 2.98. The molecular formula is C23H31N3O2. The second kappa shape index (κ2) is 11.1. The zero-order valence-electron chi connectivity index (χ0n) is 17.0. The minimum atomic E-state index is -0.138. The molecule has 150 valence electrons. The van der Waals surface area contributed by atoms with Crippen LogP contribution in [0.15, 0.2) is 60.7 Å². The van der Waals surface area contributed by atoms with Gasteiger partial charge in [0.25, 0.3) is 0 Å². The van der Waals surface area contributed by atoms with Crippen molar-refractivity contribution in [1.29, 1.82) is 0 Å². The SMILES string of the molecule is CC(C)CN(CCC(=O)NC(C)c1ccccc1)C(=O)NCc1ccccc1. The van der Waals surface area contributed by atoms with Gasteiger partial charge in [0.05, 0.1) is 6.04 Å². The highest BCUT2D eigenvalue weighted by molar-refractivity contribution is 5.78. The van der Waals surface area contributed by atoms with Crippen molar-refractivity contribution in [2.75, 3.05) is 13.1 Å². The van der Waals surface area contributed by atoms with Gasteiger partial charge in [0.1, 0.15) is 0 Å². The maximum absolute atomic E-state index is 12.6. The first-order chi connectivity index (χ1) is 13.5. The third kappa shape index (κ3) is 7.43. The number of benzene rings is 2. The monoisotopic (exact) mass is 381 g/mol. The highest BCUT2D eigenvalue weighted by Crippen LogP contribution is 2.11. The van der Waals surface area contributed by atoms with Gasteiger partial charge in [-0.1, -0.05) is 74.5 Å². The maximum atomic E-state index is 12.6. The molecule has 1 atom stereocenters. The zero-order chi connectivity index (χ0) is 20.4. The van der Waals surface area contributed by atoms with E-state index in [1.54, 1.807) is 4.90 Å². The quantitative estimate of drug-likeness (QED) is 0.686. The minimum Gasteiger partial charge on any atom is -0.350 e. The van der Waals surface area contributed by atoms with Crippen LogP contribution in [0.4, 0.5) is 4.79 Å². The number of amides is 3. The second-order valence-corrected chi connectivity index (χ2v) is 7.43. The van der Waals surface area contributed by atoms with Crippen LogP contribution in [0.3, 0.4) is 0 Å². The van der Waals surface area contributed by atoms with Gasteiger partial charge >= 0.3 is 6.03 Å². The summed E-state index contributed by atoms with van der Waals surface area (Å²) in [7, 11) is 0. The molecule has 0 aliphatic rings. The van der Waals surface area contributed by atoms with Crippen molar-refractivity contribution in [3.63, 3.8) is 0 Å². The number of hydrogen-bond acceptors (Lipinski definition) is 2. The van der Waals surface area contributed by atoms with Crippen LogP contribution in [0.2, 0.25) is 0 Å². The van der Waals surface area contributed by atoms with Crippen LogP contribution >= 0.6 is 0 Å². The van der Waals surface area contributed by atoms with Crippen LogP contribution in [0.25, 0.3) is 0 Å². The van der Waals surface area contributed by atoms with Crippen molar-refractivity contribution in [2.24, 2.45) is 5.92 Å². The lowest BCUT2D eigenvalue weighted by Gasteiger charge is -2.25. The van der Waals surface area contributed by atoms with Gasteiger partial charge in [-0.3, -0.25) is 4.79 Å². The summed E-state index contributed by atoms with van der Waals surface area (Å²) in [4.78, 5) is 26.7. The van der Waals surface area contributed by atoms with Crippen LogP contribution in [-0.2, 0) is 11.3 Å². The number of rotatable bonds is 9. The molecule has 2 aromatic carbocycles. The molecule has 0 saturated carbocycles. The van der Waals surface area contributed by atoms with Crippen molar-refractivity contribution in [2.45, 2.75) is 39.8 Å². The number of hydrogen-bond donors (Lipinski definition) is 2. The molecule has 0 spiro atoms. The van der Waals surface area contributed by atoms with Gasteiger partial charge in [0.2, 0.25) is 5.91 Å². The molecule has 0 fully saturated rings. The minimum absolute atomic E-state index is 0.0547. The van der Waals surface area contributed by atoms with E-state index in [2.05, 4.69) is 24.5 Å².